The number of benzene rings is 1. The summed E-state index contributed by atoms with van der Waals surface area (Å²) in [5.41, 5.74) is 1.19. The minimum atomic E-state index is -4.41. The van der Waals surface area contributed by atoms with Gasteiger partial charge in [0.25, 0.3) is 5.91 Å². The maximum absolute atomic E-state index is 12.7. The Labute approximate surface area is 176 Å². The highest BCUT2D eigenvalue weighted by Crippen LogP contribution is 2.29. The molecule has 0 spiro atoms. The average molecular weight is 431 g/mol. The first-order valence-corrected chi connectivity index (χ1v) is 9.65. The topological polar surface area (TPSA) is 72.3 Å². The van der Waals surface area contributed by atoms with Crippen molar-refractivity contribution < 1.29 is 22.7 Å². The molecule has 1 fully saturated rings. The number of amides is 1. The molecule has 1 aliphatic heterocycles. The molecule has 0 radical (unpaired) electrons. The summed E-state index contributed by atoms with van der Waals surface area (Å²) in [7, 11) is 0. The Morgan fingerprint density at radius 2 is 1.81 bits per heavy atom. The lowest BCUT2D eigenvalue weighted by atomic mass is 10.2. The number of hydrogen-bond donors (Lipinski definition) is 1. The second-order valence-electron chi connectivity index (χ2n) is 7.07. The summed E-state index contributed by atoms with van der Waals surface area (Å²) in [5.74, 6) is 0.441. The van der Waals surface area contributed by atoms with Crippen LogP contribution < -0.4 is 10.2 Å². The molecule has 1 N–H and O–H groups in total. The van der Waals surface area contributed by atoms with Gasteiger partial charge in [0.1, 0.15) is 5.82 Å². The lowest BCUT2D eigenvalue weighted by molar-refractivity contribution is -0.137. The molecular formula is C21H20F3N5O2. The van der Waals surface area contributed by atoms with Crippen molar-refractivity contribution >= 4 is 17.4 Å². The summed E-state index contributed by atoms with van der Waals surface area (Å²) in [4.78, 5) is 19.3. The van der Waals surface area contributed by atoms with Crippen molar-refractivity contribution in [3.05, 3.63) is 65.6 Å². The molecule has 1 saturated heterocycles. The quantitative estimate of drug-likeness (QED) is 0.682. The first kappa shape index (κ1) is 20.9. The Morgan fingerprint density at radius 3 is 2.45 bits per heavy atom. The van der Waals surface area contributed by atoms with Crippen LogP contribution in [0.5, 0.6) is 0 Å². The van der Waals surface area contributed by atoms with Gasteiger partial charge in [-0.1, -0.05) is 0 Å². The Hall–Kier alpha value is -3.40. The normalized spacial score (nSPS) is 14.5. The number of alkyl halides is 3. The highest BCUT2D eigenvalue weighted by atomic mass is 19.4. The molecule has 10 heteroatoms. The monoisotopic (exact) mass is 431 g/mol. The zero-order valence-corrected chi connectivity index (χ0v) is 16.7. The number of carbonyl (C=O) groups is 1. The van der Waals surface area contributed by atoms with Gasteiger partial charge in [-0.05, 0) is 43.3 Å². The fourth-order valence-corrected chi connectivity index (χ4v) is 3.23. The molecule has 3 heterocycles. The van der Waals surface area contributed by atoms with Crippen molar-refractivity contribution in [2.45, 2.75) is 13.1 Å². The van der Waals surface area contributed by atoms with E-state index in [9.17, 15) is 18.0 Å². The third kappa shape index (κ3) is 4.69. The largest absolute Gasteiger partial charge is 0.416 e. The Morgan fingerprint density at radius 1 is 1.10 bits per heavy atom. The van der Waals surface area contributed by atoms with Crippen LogP contribution in [-0.2, 0) is 10.9 Å². The predicted octanol–water partition coefficient (Wildman–Crippen LogP) is 3.68. The van der Waals surface area contributed by atoms with Crippen LogP contribution in [0.15, 0.2) is 48.8 Å². The van der Waals surface area contributed by atoms with Crippen molar-refractivity contribution in [2.24, 2.45) is 0 Å². The number of pyridine rings is 1. The number of morpholine rings is 1. The van der Waals surface area contributed by atoms with Crippen LogP contribution in [0, 0.1) is 6.92 Å². The Balaban J connectivity index is 1.45. The molecule has 1 aromatic carbocycles. The van der Waals surface area contributed by atoms with Gasteiger partial charge >= 0.3 is 6.18 Å². The van der Waals surface area contributed by atoms with E-state index < -0.39 is 11.7 Å². The minimum Gasteiger partial charge on any atom is -0.378 e. The van der Waals surface area contributed by atoms with Gasteiger partial charge in [0.15, 0.2) is 0 Å². The summed E-state index contributed by atoms with van der Waals surface area (Å²) in [6.45, 7) is 4.65. The van der Waals surface area contributed by atoms with Crippen LogP contribution in [0.25, 0.3) is 5.69 Å². The molecule has 4 rings (SSSR count). The lowest BCUT2D eigenvalue weighted by Gasteiger charge is -2.28. The first-order chi connectivity index (χ1) is 14.8. The van der Waals surface area contributed by atoms with Gasteiger partial charge in [-0.3, -0.25) is 4.79 Å². The average Bonchev–Trinajstić information content (AvgIpc) is 3.26. The number of rotatable bonds is 4. The fourth-order valence-electron chi connectivity index (χ4n) is 3.23. The minimum absolute atomic E-state index is 0.275. The van der Waals surface area contributed by atoms with Gasteiger partial charge in [-0.15, -0.1) is 0 Å². The van der Waals surface area contributed by atoms with Crippen LogP contribution in [0.4, 0.5) is 24.7 Å². The first-order valence-electron chi connectivity index (χ1n) is 9.65. The molecular weight excluding hydrogens is 411 g/mol. The van der Waals surface area contributed by atoms with Gasteiger partial charge in [0.2, 0.25) is 0 Å². The van der Waals surface area contributed by atoms with E-state index >= 15 is 0 Å². The SMILES string of the molecule is Cc1nc(N2CCOCC2)ccc1NC(=O)c1cnn(-c2ccc(C(F)(F)F)cc2)c1. The second-order valence-corrected chi connectivity index (χ2v) is 7.07. The number of aryl methyl sites for hydroxylation is 1. The standard InChI is InChI=1S/C21H20F3N5O2/c1-14-18(6-7-19(26-14)28-8-10-31-11-9-28)27-20(30)15-12-25-29(13-15)17-4-2-16(3-5-17)21(22,23)24/h2-7,12-13H,8-11H2,1H3,(H,27,30). The molecule has 2 aromatic heterocycles. The van der Waals surface area contributed by atoms with E-state index in [1.165, 1.54) is 29.2 Å². The molecule has 0 unspecified atom stereocenters. The van der Waals surface area contributed by atoms with Crippen LogP contribution >= 0.6 is 0 Å². The third-order valence-electron chi connectivity index (χ3n) is 4.96. The summed E-state index contributed by atoms with van der Waals surface area (Å²) in [6.07, 6.45) is -1.59. The summed E-state index contributed by atoms with van der Waals surface area (Å²) < 4.78 is 44.8. The van der Waals surface area contributed by atoms with Crippen LogP contribution in [0.2, 0.25) is 0 Å². The van der Waals surface area contributed by atoms with Crippen molar-refractivity contribution in [3.63, 3.8) is 0 Å². The van der Waals surface area contributed by atoms with Crippen molar-refractivity contribution in [1.82, 2.24) is 14.8 Å². The van der Waals surface area contributed by atoms with Gasteiger partial charge in [-0.25, -0.2) is 9.67 Å². The van der Waals surface area contributed by atoms with E-state index in [4.69, 9.17) is 4.74 Å². The van der Waals surface area contributed by atoms with E-state index in [1.807, 2.05) is 13.0 Å². The zero-order valence-electron chi connectivity index (χ0n) is 16.7. The molecule has 31 heavy (non-hydrogen) atoms. The van der Waals surface area contributed by atoms with Crippen LogP contribution in [0.1, 0.15) is 21.6 Å². The van der Waals surface area contributed by atoms with Crippen molar-refractivity contribution in [3.8, 4) is 5.69 Å². The number of nitrogens with zero attached hydrogens (tertiary/aromatic N) is 4. The Bertz CT molecular complexity index is 1070. The van der Waals surface area contributed by atoms with Gasteiger partial charge in [-0.2, -0.15) is 18.3 Å². The number of ether oxygens (including phenoxy) is 1. The van der Waals surface area contributed by atoms with Crippen LogP contribution in [-0.4, -0.2) is 47.0 Å². The molecule has 7 nitrogen and oxygen atoms in total. The van der Waals surface area contributed by atoms with Gasteiger partial charge in [0, 0.05) is 19.3 Å². The van der Waals surface area contributed by atoms with Gasteiger partial charge in [0.05, 0.1) is 47.6 Å². The number of hydrogen-bond acceptors (Lipinski definition) is 5. The summed E-state index contributed by atoms with van der Waals surface area (Å²) in [6, 6.07) is 8.19. The highest BCUT2D eigenvalue weighted by Gasteiger charge is 2.30. The second kappa shape index (κ2) is 8.38. The maximum atomic E-state index is 12.7. The molecule has 0 saturated carbocycles. The number of nitrogens with one attached hydrogen (secondary N) is 1. The van der Waals surface area contributed by atoms with Crippen molar-refractivity contribution in [1.29, 1.82) is 0 Å². The Kier molecular flexibility index (Phi) is 5.64. The zero-order chi connectivity index (χ0) is 22.0. The fraction of sp³-hybridized carbons (Fsp3) is 0.286. The molecule has 0 atom stereocenters. The molecule has 1 amide bonds. The predicted molar refractivity (Wildman–Crippen MR) is 109 cm³/mol. The van der Waals surface area contributed by atoms with E-state index in [1.54, 1.807) is 6.07 Å². The molecule has 0 aliphatic carbocycles. The van der Waals surface area contributed by atoms with E-state index in [-0.39, 0.29) is 11.5 Å². The number of anilines is 2. The molecule has 0 bridgehead atoms. The lowest BCUT2D eigenvalue weighted by Crippen LogP contribution is -2.36. The highest BCUT2D eigenvalue weighted by molar-refractivity contribution is 6.04. The van der Waals surface area contributed by atoms with E-state index in [0.717, 1.165) is 31.0 Å². The van der Waals surface area contributed by atoms with E-state index in [0.29, 0.717) is 30.3 Å². The number of aromatic nitrogens is 3. The van der Waals surface area contributed by atoms with Crippen molar-refractivity contribution in [2.75, 3.05) is 36.5 Å². The van der Waals surface area contributed by atoms with Gasteiger partial charge < -0.3 is 15.0 Å². The summed E-state index contributed by atoms with van der Waals surface area (Å²) >= 11 is 0. The molecule has 1 aliphatic rings. The maximum Gasteiger partial charge on any atom is 0.416 e. The summed E-state index contributed by atoms with van der Waals surface area (Å²) in [5, 5.41) is 6.88. The molecule has 3 aromatic rings. The molecule has 162 valence electrons. The third-order valence-corrected chi connectivity index (χ3v) is 4.96. The van der Waals surface area contributed by atoms with Crippen LogP contribution in [0.3, 0.4) is 0 Å². The number of halogens is 3. The van der Waals surface area contributed by atoms with E-state index in [2.05, 4.69) is 20.3 Å². The number of carbonyl (C=O) groups excluding carboxylic acids is 1. The smallest absolute Gasteiger partial charge is 0.378 e.